The van der Waals surface area contributed by atoms with Crippen molar-refractivity contribution in [3.63, 3.8) is 0 Å². The van der Waals surface area contributed by atoms with Crippen LogP contribution in [0.15, 0.2) is 30.3 Å². The van der Waals surface area contributed by atoms with Gasteiger partial charge in [-0.3, -0.25) is 4.79 Å². The van der Waals surface area contributed by atoms with Crippen LogP contribution in [0, 0.1) is 5.41 Å². The van der Waals surface area contributed by atoms with Crippen molar-refractivity contribution in [1.82, 2.24) is 0 Å². The van der Waals surface area contributed by atoms with Crippen molar-refractivity contribution in [3.8, 4) is 0 Å². The molecule has 0 atom stereocenters. The molecular formula is C16H22O2. The molecule has 0 unspecified atom stereocenters. The van der Waals surface area contributed by atoms with Crippen molar-refractivity contribution in [1.29, 1.82) is 0 Å². The fourth-order valence-electron chi connectivity index (χ4n) is 3.03. The van der Waals surface area contributed by atoms with Gasteiger partial charge in [0.05, 0.1) is 5.41 Å². The van der Waals surface area contributed by atoms with Crippen LogP contribution in [0.4, 0.5) is 0 Å². The molecule has 0 aromatic heterocycles. The van der Waals surface area contributed by atoms with Crippen LogP contribution >= 0.6 is 0 Å². The lowest BCUT2D eigenvalue weighted by Gasteiger charge is -2.31. The summed E-state index contributed by atoms with van der Waals surface area (Å²) in [6, 6.07) is 10.1. The lowest BCUT2D eigenvalue weighted by atomic mass is 9.72. The van der Waals surface area contributed by atoms with Gasteiger partial charge in [0.1, 0.15) is 0 Å². The molecule has 0 spiro atoms. The number of rotatable bonds is 3. The Morgan fingerprint density at radius 2 is 1.56 bits per heavy atom. The molecule has 0 amide bonds. The third-order valence-corrected chi connectivity index (χ3v) is 4.15. The third-order valence-electron chi connectivity index (χ3n) is 4.15. The zero-order chi connectivity index (χ0) is 12.8. The summed E-state index contributed by atoms with van der Waals surface area (Å²) in [4.78, 5) is 11.7. The van der Waals surface area contributed by atoms with Gasteiger partial charge in [-0.15, -0.1) is 0 Å². The summed E-state index contributed by atoms with van der Waals surface area (Å²) < 4.78 is 0. The van der Waals surface area contributed by atoms with Gasteiger partial charge in [-0.1, -0.05) is 62.4 Å². The van der Waals surface area contributed by atoms with E-state index in [-0.39, 0.29) is 0 Å². The van der Waals surface area contributed by atoms with Crippen LogP contribution in [0.1, 0.15) is 50.5 Å². The maximum Gasteiger partial charge on any atom is 0.309 e. The second kappa shape index (κ2) is 6.03. The number of hydrogen-bond acceptors (Lipinski definition) is 1. The molecule has 0 saturated heterocycles. The number of benzene rings is 1. The van der Waals surface area contributed by atoms with Crippen LogP contribution in [0.5, 0.6) is 0 Å². The Bertz CT molecular complexity index is 375. The Morgan fingerprint density at radius 3 is 2.11 bits per heavy atom. The first-order chi connectivity index (χ1) is 8.73. The molecule has 1 aliphatic rings. The number of carbonyl (C=O) groups is 1. The molecule has 2 nitrogen and oxygen atoms in total. The first-order valence-corrected chi connectivity index (χ1v) is 7.00. The average Bonchev–Trinajstić information content (AvgIpc) is 2.34. The molecule has 0 radical (unpaired) electrons. The normalized spacial score (nSPS) is 19.8. The SMILES string of the molecule is O=C(O)C1(Cc2ccccc2)CCCCCCC1. The Kier molecular flexibility index (Phi) is 4.40. The predicted octanol–water partition coefficient (Wildman–Crippen LogP) is 4.04. The van der Waals surface area contributed by atoms with E-state index in [0.717, 1.165) is 31.2 Å². The smallest absolute Gasteiger partial charge is 0.309 e. The minimum absolute atomic E-state index is 0.526. The second-order valence-electron chi connectivity index (χ2n) is 5.52. The first-order valence-electron chi connectivity index (χ1n) is 7.00. The standard InChI is InChI=1S/C16H22O2/c17-15(18)16(11-7-2-1-3-8-12-16)13-14-9-5-4-6-10-14/h4-6,9-10H,1-3,7-8,11-13H2,(H,17,18). The van der Waals surface area contributed by atoms with Crippen LogP contribution in [0.25, 0.3) is 0 Å². The lowest BCUT2D eigenvalue weighted by Crippen LogP contribution is -2.34. The number of carboxylic acid groups (broad SMARTS) is 1. The molecule has 1 aromatic carbocycles. The number of carboxylic acids is 1. The van der Waals surface area contributed by atoms with Crippen molar-refractivity contribution < 1.29 is 9.90 Å². The van der Waals surface area contributed by atoms with Crippen molar-refractivity contribution in [2.24, 2.45) is 5.41 Å². The maximum absolute atomic E-state index is 11.7. The monoisotopic (exact) mass is 246 g/mol. The fraction of sp³-hybridized carbons (Fsp3) is 0.562. The highest BCUT2D eigenvalue weighted by Gasteiger charge is 2.37. The Hall–Kier alpha value is -1.31. The summed E-state index contributed by atoms with van der Waals surface area (Å²) in [6.07, 6.45) is 8.09. The molecule has 0 heterocycles. The lowest BCUT2D eigenvalue weighted by molar-refractivity contribution is -0.150. The molecule has 0 bridgehead atoms. The van der Waals surface area contributed by atoms with Crippen LogP contribution in [0.3, 0.4) is 0 Å². The molecule has 1 aromatic rings. The van der Waals surface area contributed by atoms with Gasteiger partial charge >= 0.3 is 5.97 Å². The highest BCUT2D eigenvalue weighted by atomic mass is 16.4. The fourth-order valence-corrected chi connectivity index (χ4v) is 3.03. The van der Waals surface area contributed by atoms with Crippen molar-refractivity contribution in [3.05, 3.63) is 35.9 Å². The quantitative estimate of drug-likeness (QED) is 0.873. The van der Waals surface area contributed by atoms with E-state index >= 15 is 0 Å². The highest BCUT2D eigenvalue weighted by Crippen LogP contribution is 2.37. The Labute approximate surface area is 109 Å². The topological polar surface area (TPSA) is 37.3 Å². The predicted molar refractivity (Wildman–Crippen MR) is 72.5 cm³/mol. The summed E-state index contributed by atoms with van der Waals surface area (Å²) >= 11 is 0. The molecule has 2 rings (SSSR count). The van der Waals surface area contributed by atoms with E-state index in [1.165, 1.54) is 19.3 Å². The minimum Gasteiger partial charge on any atom is -0.481 e. The molecular weight excluding hydrogens is 224 g/mol. The van der Waals surface area contributed by atoms with E-state index in [1.54, 1.807) is 0 Å². The van der Waals surface area contributed by atoms with Crippen LogP contribution in [0.2, 0.25) is 0 Å². The Balaban J connectivity index is 2.17. The zero-order valence-electron chi connectivity index (χ0n) is 10.9. The zero-order valence-corrected chi connectivity index (χ0v) is 10.9. The van der Waals surface area contributed by atoms with Gasteiger partial charge in [0.25, 0.3) is 0 Å². The Morgan fingerprint density at radius 1 is 1.00 bits per heavy atom. The molecule has 1 saturated carbocycles. The van der Waals surface area contributed by atoms with Gasteiger partial charge < -0.3 is 5.11 Å². The number of hydrogen-bond donors (Lipinski definition) is 1. The van der Waals surface area contributed by atoms with E-state index in [4.69, 9.17) is 0 Å². The van der Waals surface area contributed by atoms with Gasteiger partial charge in [0.2, 0.25) is 0 Å². The molecule has 1 aliphatic carbocycles. The van der Waals surface area contributed by atoms with E-state index in [0.29, 0.717) is 6.42 Å². The minimum atomic E-state index is -0.603. The summed E-state index contributed by atoms with van der Waals surface area (Å²) in [7, 11) is 0. The van der Waals surface area contributed by atoms with E-state index in [2.05, 4.69) is 0 Å². The summed E-state index contributed by atoms with van der Waals surface area (Å²) in [5, 5.41) is 9.67. The maximum atomic E-state index is 11.7. The largest absolute Gasteiger partial charge is 0.481 e. The van der Waals surface area contributed by atoms with E-state index < -0.39 is 11.4 Å². The van der Waals surface area contributed by atoms with Crippen LogP contribution in [-0.2, 0) is 11.2 Å². The van der Waals surface area contributed by atoms with Crippen molar-refractivity contribution in [2.75, 3.05) is 0 Å². The summed E-state index contributed by atoms with van der Waals surface area (Å²) in [5.74, 6) is -0.603. The summed E-state index contributed by atoms with van der Waals surface area (Å²) in [6.45, 7) is 0. The number of aliphatic carboxylic acids is 1. The second-order valence-corrected chi connectivity index (χ2v) is 5.52. The van der Waals surface area contributed by atoms with Crippen molar-refractivity contribution in [2.45, 2.75) is 51.4 Å². The third kappa shape index (κ3) is 3.12. The van der Waals surface area contributed by atoms with E-state index in [1.807, 2.05) is 30.3 Å². The molecule has 0 aliphatic heterocycles. The molecule has 1 N–H and O–H groups in total. The average molecular weight is 246 g/mol. The first kappa shape index (κ1) is 13.1. The van der Waals surface area contributed by atoms with Gasteiger partial charge in [0, 0.05) is 0 Å². The molecule has 2 heteroatoms. The van der Waals surface area contributed by atoms with Crippen LogP contribution in [-0.4, -0.2) is 11.1 Å². The van der Waals surface area contributed by atoms with E-state index in [9.17, 15) is 9.90 Å². The van der Waals surface area contributed by atoms with Crippen molar-refractivity contribution >= 4 is 5.97 Å². The van der Waals surface area contributed by atoms with Gasteiger partial charge in [-0.2, -0.15) is 0 Å². The van der Waals surface area contributed by atoms with Gasteiger partial charge in [-0.25, -0.2) is 0 Å². The molecule has 18 heavy (non-hydrogen) atoms. The highest BCUT2D eigenvalue weighted by molar-refractivity contribution is 5.75. The van der Waals surface area contributed by atoms with Crippen LogP contribution < -0.4 is 0 Å². The molecule has 98 valence electrons. The molecule has 1 fully saturated rings. The van der Waals surface area contributed by atoms with Gasteiger partial charge in [-0.05, 0) is 24.8 Å². The summed E-state index contributed by atoms with van der Waals surface area (Å²) in [5.41, 5.74) is 0.627. The van der Waals surface area contributed by atoms with Gasteiger partial charge in [0.15, 0.2) is 0 Å².